The van der Waals surface area contributed by atoms with Crippen LogP contribution in [0.15, 0.2) is 0 Å². The van der Waals surface area contributed by atoms with Gasteiger partial charge in [-0.2, -0.15) is 0 Å². The van der Waals surface area contributed by atoms with Gasteiger partial charge in [0.1, 0.15) is 26.9 Å². The topological polar surface area (TPSA) is 121 Å². The fourth-order valence-corrected chi connectivity index (χ4v) is 5.84. The second-order valence-electron chi connectivity index (χ2n) is 11.5. The van der Waals surface area contributed by atoms with Gasteiger partial charge < -0.3 is 37.9 Å². The molecule has 0 N–H and O–H groups in total. The van der Waals surface area contributed by atoms with Gasteiger partial charge in [-0.15, -0.1) is 0 Å². The van der Waals surface area contributed by atoms with Crippen LogP contribution in [-0.4, -0.2) is 149 Å². The van der Waals surface area contributed by atoms with Gasteiger partial charge in [0.05, 0.1) is 52.9 Å². The molecule has 2 aliphatic rings. The maximum atomic E-state index is 14.4. The van der Waals surface area contributed by atoms with Crippen LogP contribution >= 0.6 is 0 Å². The molecule has 0 aromatic rings. The van der Waals surface area contributed by atoms with E-state index >= 15 is 0 Å². The van der Waals surface area contributed by atoms with E-state index in [9.17, 15) is 9.59 Å². The molecule has 0 atom stereocenters. The minimum atomic E-state index is -1.18. The van der Waals surface area contributed by atoms with Gasteiger partial charge in [0.2, 0.25) is 0 Å². The predicted molar refractivity (Wildman–Crippen MR) is 172 cm³/mol. The third-order valence-electron chi connectivity index (χ3n) is 7.99. The standard InChI is InChI=1S/C32H62N4O10/c1-7-12-32-31(6,33(25-43-21-17-39-13-8-2)29(37)35(32)27-45-23-19-41-15-10-4)34(26-44-22-18-40-14-9-3)30(38)36(32)28-46-24-20-42-16-11-5/h7-28H2,1-6H3. The van der Waals surface area contributed by atoms with Crippen LogP contribution < -0.4 is 0 Å². The third kappa shape index (κ3) is 10.4. The molecule has 4 amide bonds. The van der Waals surface area contributed by atoms with Crippen molar-refractivity contribution in [3.63, 3.8) is 0 Å². The van der Waals surface area contributed by atoms with Crippen LogP contribution in [0.3, 0.4) is 0 Å². The summed E-state index contributed by atoms with van der Waals surface area (Å²) in [5.74, 6) is 0. The van der Waals surface area contributed by atoms with Gasteiger partial charge in [-0.05, 0) is 39.0 Å². The van der Waals surface area contributed by atoms with Crippen molar-refractivity contribution < 1.29 is 47.5 Å². The molecule has 0 aliphatic carbocycles. The van der Waals surface area contributed by atoms with Crippen LogP contribution in [0.5, 0.6) is 0 Å². The summed E-state index contributed by atoms with van der Waals surface area (Å²) in [4.78, 5) is 35.3. The van der Waals surface area contributed by atoms with Crippen LogP contribution in [0.4, 0.5) is 9.59 Å². The molecule has 2 heterocycles. The van der Waals surface area contributed by atoms with Crippen molar-refractivity contribution in [2.75, 3.05) is 106 Å². The number of carbonyl (C=O) groups excluding carboxylic acids is 2. The zero-order chi connectivity index (χ0) is 33.7. The minimum Gasteiger partial charge on any atom is -0.379 e. The third-order valence-corrected chi connectivity index (χ3v) is 7.99. The number of carbonyl (C=O) groups is 2. The molecule has 0 unspecified atom stereocenters. The quantitative estimate of drug-likeness (QED) is 0.103. The number of amides is 4. The highest BCUT2D eigenvalue weighted by Gasteiger charge is 2.76. The van der Waals surface area contributed by atoms with Crippen LogP contribution in [0, 0.1) is 0 Å². The fourth-order valence-electron chi connectivity index (χ4n) is 5.84. The fraction of sp³-hybridized carbons (Fsp3) is 0.938. The summed E-state index contributed by atoms with van der Waals surface area (Å²) in [6.07, 6.45) is 4.78. The average molecular weight is 663 g/mol. The number of urea groups is 2. The van der Waals surface area contributed by atoms with Gasteiger partial charge in [0.15, 0.2) is 11.3 Å². The number of hydrogen-bond donors (Lipinski definition) is 0. The summed E-state index contributed by atoms with van der Waals surface area (Å²) in [5, 5.41) is 0. The normalized spacial score (nSPS) is 21.3. The van der Waals surface area contributed by atoms with Crippen molar-refractivity contribution in [2.24, 2.45) is 0 Å². The second kappa shape index (κ2) is 22.7. The molecule has 0 spiro atoms. The van der Waals surface area contributed by atoms with Gasteiger partial charge in [0.25, 0.3) is 0 Å². The zero-order valence-electron chi connectivity index (χ0n) is 29.4. The number of nitrogens with zero attached hydrogens (tertiary/aromatic N) is 4. The van der Waals surface area contributed by atoms with Crippen LogP contribution in [-0.2, 0) is 37.9 Å². The van der Waals surface area contributed by atoms with Gasteiger partial charge in [-0.1, -0.05) is 41.0 Å². The molecule has 2 aliphatic heterocycles. The summed E-state index contributed by atoms with van der Waals surface area (Å²) in [7, 11) is 0. The summed E-state index contributed by atoms with van der Waals surface area (Å²) >= 11 is 0. The summed E-state index contributed by atoms with van der Waals surface area (Å²) in [6.45, 7) is 17.3. The molecule has 0 aromatic carbocycles. The van der Waals surface area contributed by atoms with Crippen LogP contribution in [0.1, 0.15) is 80.1 Å². The maximum Gasteiger partial charge on any atom is 0.327 e. The van der Waals surface area contributed by atoms with Gasteiger partial charge >= 0.3 is 12.1 Å². The van der Waals surface area contributed by atoms with E-state index < -0.39 is 11.3 Å². The summed E-state index contributed by atoms with van der Waals surface area (Å²) in [6, 6.07) is -0.611. The lowest BCUT2D eigenvalue weighted by molar-refractivity contribution is -0.142. The molecule has 46 heavy (non-hydrogen) atoms. The highest BCUT2D eigenvalue weighted by molar-refractivity contribution is 5.88. The van der Waals surface area contributed by atoms with Crippen LogP contribution in [0.25, 0.3) is 0 Å². The molecule has 270 valence electrons. The Morgan fingerprint density at radius 3 is 0.978 bits per heavy atom. The van der Waals surface area contributed by atoms with E-state index in [2.05, 4.69) is 0 Å². The van der Waals surface area contributed by atoms with E-state index in [1.165, 1.54) is 0 Å². The molecule has 2 rings (SSSR count). The van der Waals surface area contributed by atoms with E-state index in [1.807, 2.05) is 41.5 Å². The van der Waals surface area contributed by atoms with Crippen molar-refractivity contribution in [3.05, 3.63) is 0 Å². The van der Waals surface area contributed by atoms with Gasteiger partial charge in [0, 0.05) is 26.4 Å². The molecule has 0 saturated carbocycles. The van der Waals surface area contributed by atoms with Crippen LogP contribution in [0.2, 0.25) is 0 Å². The first kappa shape index (κ1) is 40.4. The van der Waals surface area contributed by atoms with Crippen molar-refractivity contribution in [1.29, 1.82) is 0 Å². The Morgan fingerprint density at radius 1 is 0.413 bits per heavy atom. The summed E-state index contributed by atoms with van der Waals surface area (Å²) in [5.41, 5.74) is -2.33. The Kier molecular flexibility index (Phi) is 20.0. The molecule has 14 nitrogen and oxygen atoms in total. The van der Waals surface area contributed by atoms with E-state index in [0.29, 0.717) is 92.1 Å². The first-order valence-electron chi connectivity index (χ1n) is 17.2. The Labute approximate surface area is 276 Å². The Balaban J connectivity index is 2.41. The Hall–Kier alpha value is -1.78. The lowest BCUT2D eigenvalue weighted by atomic mass is 9.89. The molecule has 0 bridgehead atoms. The number of ether oxygens (including phenoxy) is 8. The Bertz CT molecular complexity index is 783. The lowest BCUT2D eigenvalue weighted by Crippen LogP contribution is -2.67. The number of rotatable bonds is 30. The SMILES string of the molecule is CCCOCCOCN1C(=O)N(COCCOCCC)C2(CCC)N(COCCOCCC)C(=O)N(COCCOCCC)C12C. The van der Waals surface area contributed by atoms with Crippen molar-refractivity contribution >= 4 is 12.1 Å². The Morgan fingerprint density at radius 2 is 0.696 bits per heavy atom. The first-order valence-corrected chi connectivity index (χ1v) is 17.2. The van der Waals surface area contributed by atoms with E-state index in [-0.39, 0.29) is 39.0 Å². The second-order valence-corrected chi connectivity index (χ2v) is 11.5. The molecule has 14 heteroatoms. The van der Waals surface area contributed by atoms with E-state index in [4.69, 9.17) is 37.9 Å². The molecule has 2 saturated heterocycles. The molecule has 0 radical (unpaired) electrons. The minimum absolute atomic E-state index is 0.0387. The molecule has 0 aromatic heterocycles. The van der Waals surface area contributed by atoms with E-state index in [0.717, 1.165) is 25.7 Å². The van der Waals surface area contributed by atoms with Crippen molar-refractivity contribution in [2.45, 2.75) is 91.4 Å². The van der Waals surface area contributed by atoms with E-state index in [1.54, 1.807) is 19.6 Å². The average Bonchev–Trinajstić information content (AvgIpc) is 3.33. The molecular formula is C32H62N4O10. The predicted octanol–water partition coefficient (Wildman–Crippen LogP) is 4.28. The molecule has 2 fully saturated rings. The number of fused-ring (bicyclic) bond motifs is 1. The van der Waals surface area contributed by atoms with Gasteiger partial charge in [-0.3, -0.25) is 19.6 Å². The maximum absolute atomic E-state index is 14.4. The number of hydrogen-bond acceptors (Lipinski definition) is 10. The van der Waals surface area contributed by atoms with Crippen molar-refractivity contribution in [3.8, 4) is 0 Å². The highest BCUT2D eigenvalue weighted by atomic mass is 16.6. The lowest BCUT2D eigenvalue weighted by Gasteiger charge is -2.47. The van der Waals surface area contributed by atoms with Crippen molar-refractivity contribution in [1.82, 2.24) is 19.6 Å². The molecular weight excluding hydrogens is 600 g/mol. The summed E-state index contributed by atoms with van der Waals surface area (Å²) < 4.78 is 46.4. The smallest absolute Gasteiger partial charge is 0.327 e. The monoisotopic (exact) mass is 662 g/mol. The largest absolute Gasteiger partial charge is 0.379 e. The first-order chi connectivity index (χ1) is 22.4. The zero-order valence-corrected chi connectivity index (χ0v) is 29.4. The van der Waals surface area contributed by atoms with Gasteiger partial charge in [-0.25, -0.2) is 9.59 Å². The highest BCUT2D eigenvalue weighted by Crippen LogP contribution is 2.53.